The first-order chi connectivity index (χ1) is 12.3. The number of carboxylic acids is 2. The molecule has 0 radical (unpaired) electrons. The molecule has 8 nitrogen and oxygen atoms in total. The lowest BCUT2D eigenvalue weighted by Crippen LogP contribution is -3.00. The third-order valence-electron chi connectivity index (χ3n) is 3.50. The van der Waals surface area contributed by atoms with Gasteiger partial charge in [-0.05, 0) is 25.0 Å². The van der Waals surface area contributed by atoms with Crippen LogP contribution in [0.1, 0.15) is 81.0 Å². The van der Waals surface area contributed by atoms with Gasteiger partial charge in [0.2, 0.25) is 0 Å². The van der Waals surface area contributed by atoms with Gasteiger partial charge in [0.15, 0.2) is 0 Å². The van der Waals surface area contributed by atoms with Crippen molar-refractivity contribution < 1.29 is 63.7 Å². The lowest BCUT2D eigenvalue weighted by atomic mass is 9.98. The van der Waals surface area contributed by atoms with Crippen LogP contribution in [0.25, 0.3) is 0 Å². The van der Waals surface area contributed by atoms with Crippen molar-refractivity contribution in [1.29, 1.82) is 0 Å². The van der Waals surface area contributed by atoms with Gasteiger partial charge < -0.3 is 54.1 Å². The maximum absolute atomic E-state index is 12.1. The third-order valence-corrected chi connectivity index (χ3v) is 3.50. The molecule has 1 aromatic rings. The van der Waals surface area contributed by atoms with Gasteiger partial charge in [0.1, 0.15) is 0 Å². The summed E-state index contributed by atoms with van der Waals surface area (Å²) in [5, 5.41) is 22.5. The van der Waals surface area contributed by atoms with Crippen molar-refractivity contribution in [2.45, 2.75) is 39.5 Å². The van der Waals surface area contributed by atoms with Crippen molar-refractivity contribution in [3.63, 3.8) is 0 Å². The van der Waals surface area contributed by atoms with Crippen molar-refractivity contribution in [2.24, 2.45) is 0 Å². The van der Waals surface area contributed by atoms with Crippen LogP contribution in [0.3, 0.4) is 0 Å². The Bertz CT molecular complexity index is 648. The van der Waals surface area contributed by atoms with Crippen molar-refractivity contribution in [3.05, 3.63) is 34.4 Å². The average molecular weight is 435 g/mol. The van der Waals surface area contributed by atoms with Gasteiger partial charge in [-0.2, -0.15) is 0 Å². The molecular weight excluding hydrogens is 415 g/mol. The van der Waals surface area contributed by atoms with E-state index in [2.05, 4.69) is 0 Å². The van der Waals surface area contributed by atoms with E-state index in [0.717, 1.165) is 18.9 Å². The second kappa shape index (κ2) is 13.8. The van der Waals surface area contributed by atoms with E-state index in [1.807, 2.05) is 13.8 Å². The highest BCUT2D eigenvalue weighted by Gasteiger charge is 2.22. The maximum Gasteiger partial charge on any atom is 0.338 e. The number of carboxylic acid groups (broad SMARTS) is 2. The van der Waals surface area contributed by atoms with Crippen LogP contribution in [0.4, 0.5) is 0 Å². The quantitative estimate of drug-likeness (QED) is 0.262. The molecule has 0 heterocycles. The van der Waals surface area contributed by atoms with Crippen LogP contribution in [0, 0.1) is 0 Å². The molecule has 158 valence electrons. The van der Waals surface area contributed by atoms with E-state index in [1.54, 1.807) is 0 Å². The fourth-order valence-corrected chi connectivity index (χ4v) is 2.05. The van der Waals surface area contributed by atoms with Gasteiger partial charge in [-0.1, -0.05) is 26.7 Å². The monoisotopic (exact) mass is 434 g/mol. The first-order valence-electron chi connectivity index (χ1n) is 8.28. The number of carbonyl (C=O) groups excluding carboxylic acids is 4. The molecule has 0 aliphatic heterocycles. The fourth-order valence-electron chi connectivity index (χ4n) is 2.05. The van der Waals surface area contributed by atoms with Gasteiger partial charge in [-0.25, -0.2) is 9.59 Å². The fraction of sp³-hybridized carbons (Fsp3) is 0.444. The van der Waals surface area contributed by atoms with Crippen molar-refractivity contribution >= 4 is 23.9 Å². The molecule has 0 saturated carbocycles. The van der Waals surface area contributed by atoms with E-state index in [-0.39, 0.29) is 38.0 Å². The van der Waals surface area contributed by atoms with Crippen LogP contribution in [0.2, 0.25) is 0 Å². The molecule has 0 aromatic heterocycles. The lowest BCUT2D eigenvalue weighted by molar-refractivity contribution is -0.255. The number of ether oxygens (including phenoxy) is 2. The first kappa shape index (κ1) is 27.9. The highest BCUT2D eigenvalue weighted by Crippen LogP contribution is 2.19. The average Bonchev–Trinajstić information content (AvgIpc) is 2.60. The number of hydrogen-bond donors (Lipinski definition) is 0. The van der Waals surface area contributed by atoms with Gasteiger partial charge in [0.05, 0.1) is 36.3 Å². The Morgan fingerprint density at radius 2 is 1.04 bits per heavy atom. The highest BCUT2D eigenvalue weighted by molar-refractivity contribution is 6.09. The number of esters is 2. The second-order valence-electron chi connectivity index (χ2n) is 5.50. The number of aromatic carboxylic acids is 2. The largest absolute Gasteiger partial charge is 1.00 e. The number of benzene rings is 1. The van der Waals surface area contributed by atoms with Crippen molar-refractivity contribution in [2.75, 3.05) is 13.2 Å². The summed E-state index contributed by atoms with van der Waals surface area (Å²) in [4.78, 5) is 46.8. The molecule has 0 aliphatic rings. The molecule has 1 aromatic carbocycles. The summed E-state index contributed by atoms with van der Waals surface area (Å²) in [6.07, 6.45) is 2.63. The summed E-state index contributed by atoms with van der Waals surface area (Å²) in [5.74, 6) is -5.54. The van der Waals surface area contributed by atoms with E-state index in [0.29, 0.717) is 18.9 Å². The van der Waals surface area contributed by atoms with Crippen molar-refractivity contribution in [3.8, 4) is 0 Å². The van der Waals surface area contributed by atoms with Gasteiger partial charge in [0, 0.05) is 11.1 Å². The molecule has 0 saturated heterocycles. The molecule has 28 heavy (non-hydrogen) atoms. The Hall–Kier alpha value is -2.32. The SMILES string of the molecule is CCCCOC(=O)c1cc(C(=O)OCCCC)c(C(=O)[O-])cc1C(=O)[O-].[Cl-].[Cl-]. The van der Waals surface area contributed by atoms with E-state index < -0.39 is 46.1 Å². The van der Waals surface area contributed by atoms with E-state index in [4.69, 9.17) is 9.47 Å². The molecule has 0 fully saturated rings. The zero-order chi connectivity index (χ0) is 19.7. The van der Waals surface area contributed by atoms with Crippen LogP contribution in [0.5, 0.6) is 0 Å². The maximum atomic E-state index is 12.1. The minimum Gasteiger partial charge on any atom is -1.00 e. The molecular formula is C18H20Cl2O8-4. The van der Waals surface area contributed by atoms with Gasteiger partial charge in [-0.15, -0.1) is 0 Å². The summed E-state index contributed by atoms with van der Waals surface area (Å²) < 4.78 is 9.90. The lowest BCUT2D eigenvalue weighted by Gasteiger charge is -2.16. The summed E-state index contributed by atoms with van der Waals surface area (Å²) in [7, 11) is 0. The Kier molecular flexibility index (Phi) is 13.7. The van der Waals surface area contributed by atoms with Crippen LogP contribution < -0.4 is 35.0 Å². The minimum atomic E-state index is -1.78. The molecule has 1 rings (SSSR count). The van der Waals surface area contributed by atoms with Crippen LogP contribution in [-0.4, -0.2) is 37.1 Å². The smallest absolute Gasteiger partial charge is 0.338 e. The topological polar surface area (TPSA) is 133 Å². The van der Waals surface area contributed by atoms with Crippen LogP contribution in [-0.2, 0) is 9.47 Å². The zero-order valence-electron chi connectivity index (χ0n) is 15.4. The number of carbonyl (C=O) groups is 4. The number of hydrogen-bond acceptors (Lipinski definition) is 8. The second-order valence-corrected chi connectivity index (χ2v) is 5.50. The summed E-state index contributed by atoms with van der Waals surface area (Å²) in [6, 6.07) is 1.48. The molecule has 0 atom stereocenters. The van der Waals surface area contributed by atoms with E-state index >= 15 is 0 Å². The normalized spacial score (nSPS) is 9.50. The summed E-state index contributed by atoms with van der Waals surface area (Å²) in [5.41, 5.74) is -2.35. The minimum absolute atomic E-state index is 0. The molecule has 10 heteroatoms. The highest BCUT2D eigenvalue weighted by atomic mass is 35.5. The van der Waals surface area contributed by atoms with Crippen molar-refractivity contribution in [1.82, 2.24) is 0 Å². The van der Waals surface area contributed by atoms with Gasteiger partial charge in [0.25, 0.3) is 0 Å². The summed E-state index contributed by atoms with van der Waals surface area (Å²) >= 11 is 0. The Morgan fingerprint density at radius 1 is 0.714 bits per heavy atom. The summed E-state index contributed by atoms with van der Waals surface area (Å²) in [6.45, 7) is 3.86. The first-order valence-corrected chi connectivity index (χ1v) is 8.28. The third kappa shape index (κ3) is 7.74. The number of unbranched alkanes of at least 4 members (excludes halogenated alkanes) is 2. The Labute approximate surface area is 175 Å². The molecule has 0 spiro atoms. The van der Waals surface area contributed by atoms with Gasteiger partial charge in [-0.3, -0.25) is 0 Å². The van der Waals surface area contributed by atoms with Crippen LogP contribution >= 0.6 is 0 Å². The molecule has 0 unspecified atom stereocenters. The number of halogens is 2. The number of rotatable bonds is 10. The Morgan fingerprint density at radius 3 is 1.32 bits per heavy atom. The standard InChI is InChI=1S/C18H22O8.2ClH/c1-3-5-7-25-17(23)13-10-14(18(24)26-8-6-4-2)12(16(21)22)9-11(13)15(19)20;;/h9-10H,3-8H2,1-2H3,(H,19,20)(H,21,22);2*1H/p-4. The molecule has 0 N–H and O–H groups in total. The zero-order valence-corrected chi connectivity index (χ0v) is 16.9. The van der Waals surface area contributed by atoms with Crippen LogP contribution in [0.15, 0.2) is 12.1 Å². The predicted molar refractivity (Wildman–Crippen MR) is 85.5 cm³/mol. The van der Waals surface area contributed by atoms with E-state index in [9.17, 15) is 29.4 Å². The molecule has 0 aliphatic carbocycles. The predicted octanol–water partition coefficient (Wildman–Crippen LogP) is -5.66. The van der Waals surface area contributed by atoms with Gasteiger partial charge >= 0.3 is 11.9 Å². The molecule has 0 bridgehead atoms. The van der Waals surface area contributed by atoms with E-state index in [1.165, 1.54) is 0 Å². The molecule has 0 amide bonds. The Balaban J connectivity index is 0.